The molecule has 0 saturated carbocycles. The number of esters is 2. The summed E-state index contributed by atoms with van der Waals surface area (Å²) in [5.41, 5.74) is -0.441. The highest BCUT2D eigenvalue weighted by Crippen LogP contribution is 2.18. The van der Waals surface area contributed by atoms with E-state index >= 15 is 0 Å². The molecule has 4 heteroatoms. The topological polar surface area (TPSA) is 52.6 Å². The number of hydrogen-bond acceptors (Lipinski definition) is 4. The van der Waals surface area contributed by atoms with Crippen LogP contribution < -0.4 is 0 Å². The quantitative estimate of drug-likeness (QED) is 0.667. The van der Waals surface area contributed by atoms with Crippen LogP contribution in [-0.4, -0.2) is 24.1 Å². The second-order valence-electron chi connectivity index (χ2n) is 6.02. The van der Waals surface area contributed by atoms with Crippen molar-refractivity contribution in [3.8, 4) is 0 Å². The van der Waals surface area contributed by atoms with Crippen molar-refractivity contribution in [1.82, 2.24) is 0 Å². The predicted molar refractivity (Wildman–Crippen MR) is 74.7 cm³/mol. The molecular weight excluding hydrogens is 244 g/mol. The maximum atomic E-state index is 11.8. The van der Waals surface area contributed by atoms with Crippen molar-refractivity contribution in [2.75, 3.05) is 6.61 Å². The van der Waals surface area contributed by atoms with Gasteiger partial charge in [-0.25, -0.2) is 0 Å². The highest BCUT2D eigenvalue weighted by atomic mass is 16.6. The summed E-state index contributed by atoms with van der Waals surface area (Å²) in [5.74, 6) is -0.567. The highest BCUT2D eigenvalue weighted by Gasteiger charge is 2.22. The van der Waals surface area contributed by atoms with Crippen LogP contribution in [0.5, 0.6) is 0 Å². The predicted octanol–water partition coefficient (Wildman–Crippen LogP) is 3.33. The van der Waals surface area contributed by atoms with Crippen LogP contribution in [0.25, 0.3) is 0 Å². The fraction of sp³-hybridized carbons (Fsp3) is 0.867. The van der Waals surface area contributed by atoms with Gasteiger partial charge >= 0.3 is 11.9 Å². The Hall–Kier alpha value is -1.06. The van der Waals surface area contributed by atoms with E-state index < -0.39 is 5.60 Å². The van der Waals surface area contributed by atoms with Gasteiger partial charge in [0.15, 0.2) is 0 Å². The zero-order valence-electron chi connectivity index (χ0n) is 13.1. The molecule has 0 aliphatic heterocycles. The van der Waals surface area contributed by atoms with E-state index in [1.807, 2.05) is 34.6 Å². The van der Waals surface area contributed by atoms with Gasteiger partial charge in [0.2, 0.25) is 0 Å². The van der Waals surface area contributed by atoms with Crippen LogP contribution in [0.1, 0.15) is 60.8 Å². The molecule has 0 N–H and O–H groups in total. The average molecular weight is 272 g/mol. The molecule has 2 atom stereocenters. The van der Waals surface area contributed by atoms with Gasteiger partial charge in [0.05, 0.1) is 18.4 Å². The molecule has 0 aromatic rings. The molecule has 0 amide bonds. The summed E-state index contributed by atoms with van der Waals surface area (Å²) < 4.78 is 10.3. The summed E-state index contributed by atoms with van der Waals surface area (Å²) >= 11 is 0. The summed E-state index contributed by atoms with van der Waals surface area (Å²) in [7, 11) is 0. The zero-order chi connectivity index (χ0) is 15.1. The molecule has 2 unspecified atom stereocenters. The molecule has 4 nitrogen and oxygen atoms in total. The van der Waals surface area contributed by atoms with Gasteiger partial charge in [-0.1, -0.05) is 20.3 Å². The molecule has 0 rings (SSSR count). The Bertz CT molecular complexity index is 291. The molecular formula is C15H28O4. The van der Waals surface area contributed by atoms with E-state index in [1.54, 1.807) is 6.92 Å². The van der Waals surface area contributed by atoms with Crippen LogP contribution in [0, 0.1) is 11.8 Å². The van der Waals surface area contributed by atoms with Gasteiger partial charge in [0.25, 0.3) is 0 Å². The summed E-state index contributed by atoms with van der Waals surface area (Å²) in [5, 5.41) is 0. The molecule has 112 valence electrons. The van der Waals surface area contributed by atoms with Gasteiger partial charge in [0, 0.05) is 0 Å². The zero-order valence-corrected chi connectivity index (χ0v) is 13.1. The Kier molecular flexibility index (Phi) is 7.72. The summed E-state index contributed by atoms with van der Waals surface area (Å²) in [6.45, 7) is 11.5. The smallest absolute Gasteiger partial charge is 0.309 e. The van der Waals surface area contributed by atoms with E-state index in [0.29, 0.717) is 6.61 Å². The first-order valence-electron chi connectivity index (χ1n) is 7.06. The SMILES string of the molecule is CCOC(=O)C(C)CCCC(C)C(=O)OC(C)(C)C. The number of carbonyl (C=O) groups is 2. The second kappa shape index (κ2) is 8.18. The molecule has 0 spiro atoms. The van der Waals surface area contributed by atoms with Crippen LogP contribution in [0.4, 0.5) is 0 Å². The average Bonchev–Trinajstić information content (AvgIpc) is 2.26. The van der Waals surface area contributed by atoms with Gasteiger partial charge in [-0.15, -0.1) is 0 Å². The Morgan fingerprint density at radius 1 is 1.00 bits per heavy atom. The van der Waals surface area contributed by atoms with E-state index in [9.17, 15) is 9.59 Å². The van der Waals surface area contributed by atoms with Crippen LogP contribution in [0.3, 0.4) is 0 Å². The number of rotatable bonds is 7. The van der Waals surface area contributed by atoms with Crippen LogP contribution >= 0.6 is 0 Å². The Balaban J connectivity index is 3.94. The Morgan fingerprint density at radius 3 is 1.89 bits per heavy atom. The largest absolute Gasteiger partial charge is 0.466 e. The van der Waals surface area contributed by atoms with Crippen molar-refractivity contribution in [2.24, 2.45) is 11.8 Å². The van der Waals surface area contributed by atoms with Crippen molar-refractivity contribution in [2.45, 2.75) is 66.4 Å². The maximum Gasteiger partial charge on any atom is 0.309 e. The summed E-state index contributed by atoms with van der Waals surface area (Å²) in [4.78, 5) is 23.2. The van der Waals surface area contributed by atoms with Crippen molar-refractivity contribution in [3.63, 3.8) is 0 Å². The lowest BCUT2D eigenvalue weighted by Gasteiger charge is -2.22. The lowest BCUT2D eigenvalue weighted by molar-refractivity contribution is -0.159. The first kappa shape index (κ1) is 17.9. The van der Waals surface area contributed by atoms with E-state index in [4.69, 9.17) is 9.47 Å². The third-order valence-corrected chi connectivity index (χ3v) is 2.77. The molecule has 0 aliphatic carbocycles. The summed E-state index contributed by atoms with van der Waals surface area (Å²) in [6, 6.07) is 0. The van der Waals surface area contributed by atoms with Gasteiger partial charge in [-0.2, -0.15) is 0 Å². The monoisotopic (exact) mass is 272 g/mol. The van der Waals surface area contributed by atoms with Gasteiger partial charge in [0.1, 0.15) is 5.60 Å². The van der Waals surface area contributed by atoms with E-state index in [0.717, 1.165) is 19.3 Å². The molecule has 0 radical (unpaired) electrons. The Morgan fingerprint density at radius 2 is 1.47 bits per heavy atom. The summed E-state index contributed by atoms with van der Waals surface area (Å²) in [6.07, 6.45) is 2.30. The first-order chi connectivity index (χ1) is 8.67. The van der Waals surface area contributed by atoms with E-state index in [1.165, 1.54) is 0 Å². The molecule has 0 heterocycles. The second-order valence-corrected chi connectivity index (χ2v) is 6.02. The normalized spacial score (nSPS) is 14.6. The minimum atomic E-state index is -0.441. The number of hydrogen-bond donors (Lipinski definition) is 0. The van der Waals surface area contributed by atoms with E-state index in [-0.39, 0.29) is 23.8 Å². The van der Waals surface area contributed by atoms with Gasteiger partial charge in [-0.3, -0.25) is 9.59 Å². The molecule has 0 aromatic carbocycles. The van der Waals surface area contributed by atoms with Crippen molar-refractivity contribution in [1.29, 1.82) is 0 Å². The molecule has 19 heavy (non-hydrogen) atoms. The molecule has 0 fully saturated rings. The van der Waals surface area contributed by atoms with Gasteiger partial charge in [-0.05, 0) is 40.5 Å². The van der Waals surface area contributed by atoms with Crippen LogP contribution in [0.15, 0.2) is 0 Å². The lowest BCUT2D eigenvalue weighted by Crippen LogP contribution is -2.27. The van der Waals surface area contributed by atoms with Crippen molar-refractivity contribution in [3.05, 3.63) is 0 Å². The standard InChI is InChI=1S/C15H28O4/c1-7-18-13(16)11(2)9-8-10-12(3)14(17)19-15(4,5)6/h11-12H,7-10H2,1-6H3. The Labute approximate surface area is 116 Å². The van der Waals surface area contributed by atoms with Crippen LogP contribution in [-0.2, 0) is 19.1 Å². The minimum absolute atomic E-state index is 0.106. The van der Waals surface area contributed by atoms with Crippen molar-refractivity contribution >= 4 is 11.9 Å². The third-order valence-electron chi connectivity index (χ3n) is 2.77. The fourth-order valence-electron chi connectivity index (χ4n) is 1.65. The number of carbonyl (C=O) groups excluding carboxylic acids is 2. The number of ether oxygens (including phenoxy) is 2. The maximum absolute atomic E-state index is 11.8. The van der Waals surface area contributed by atoms with Gasteiger partial charge < -0.3 is 9.47 Å². The highest BCUT2D eigenvalue weighted by molar-refractivity contribution is 5.72. The molecule has 0 aromatic heterocycles. The lowest BCUT2D eigenvalue weighted by atomic mass is 9.98. The molecule has 0 saturated heterocycles. The van der Waals surface area contributed by atoms with E-state index in [2.05, 4.69) is 0 Å². The minimum Gasteiger partial charge on any atom is -0.466 e. The molecule has 0 bridgehead atoms. The van der Waals surface area contributed by atoms with Crippen molar-refractivity contribution < 1.29 is 19.1 Å². The first-order valence-corrected chi connectivity index (χ1v) is 7.06. The molecule has 0 aliphatic rings. The fourth-order valence-corrected chi connectivity index (χ4v) is 1.65. The third kappa shape index (κ3) is 8.62. The van der Waals surface area contributed by atoms with Crippen LogP contribution in [0.2, 0.25) is 0 Å².